The molecule has 4 rings (SSSR count). The molecule has 1 amide bonds. The summed E-state index contributed by atoms with van der Waals surface area (Å²) in [5.74, 6) is -0.110. The summed E-state index contributed by atoms with van der Waals surface area (Å²) >= 11 is 7.91. The van der Waals surface area contributed by atoms with Gasteiger partial charge in [-0.3, -0.25) is 4.79 Å². The number of benzene rings is 1. The zero-order valence-corrected chi connectivity index (χ0v) is 18.4. The van der Waals surface area contributed by atoms with Crippen LogP contribution >= 0.6 is 22.9 Å². The third kappa shape index (κ3) is 4.21. The highest BCUT2D eigenvalue weighted by Gasteiger charge is 2.24. The van der Waals surface area contributed by atoms with Crippen molar-refractivity contribution in [2.75, 3.05) is 13.2 Å². The van der Waals surface area contributed by atoms with Crippen molar-refractivity contribution >= 4 is 28.8 Å². The number of halogens is 1. The van der Waals surface area contributed by atoms with Crippen LogP contribution in [0.25, 0.3) is 22.0 Å². The number of aromatic nitrogens is 2. The summed E-state index contributed by atoms with van der Waals surface area (Å²) in [6.07, 6.45) is 3.92. The minimum atomic E-state index is -0.110. The lowest BCUT2D eigenvalue weighted by Gasteiger charge is -2.15. The van der Waals surface area contributed by atoms with Crippen LogP contribution in [0.15, 0.2) is 48.4 Å². The molecule has 30 heavy (non-hydrogen) atoms. The molecule has 0 aliphatic carbocycles. The third-order valence-electron chi connectivity index (χ3n) is 5.30. The molecular formula is C23H24ClN3O2S. The van der Waals surface area contributed by atoms with Gasteiger partial charge in [0.05, 0.1) is 28.1 Å². The lowest BCUT2D eigenvalue weighted by molar-refractivity contribution is 0.0944. The molecule has 1 aromatic carbocycles. The van der Waals surface area contributed by atoms with Crippen molar-refractivity contribution in [3.05, 3.63) is 64.6 Å². The van der Waals surface area contributed by atoms with Crippen LogP contribution < -0.4 is 5.32 Å². The van der Waals surface area contributed by atoms with Gasteiger partial charge in [0.2, 0.25) is 0 Å². The van der Waals surface area contributed by atoms with Crippen LogP contribution in [0.3, 0.4) is 0 Å². The summed E-state index contributed by atoms with van der Waals surface area (Å²) in [6, 6.07) is 9.62. The Morgan fingerprint density at radius 3 is 3.03 bits per heavy atom. The van der Waals surface area contributed by atoms with Gasteiger partial charge in [0.15, 0.2) is 0 Å². The number of ether oxygens (including phenoxy) is 1. The van der Waals surface area contributed by atoms with Crippen LogP contribution in [0, 0.1) is 6.92 Å². The van der Waals surface area contributed by atoms with Gasteiger partial charge < -0.3 is 14.6 Å². The van der Waals surface area contributed by atoms with Crippen molar-refractivity contribution in [2.24, 2.45) is 0 Å². The average molecular weight is 442 g/mol. The second-order valence-corrected chi connectivity index (χ2v) is 8.56. The fourth-order valence-corrected chi connectivity index (χ4v) is 4.86. The minimum Gasteiger partial charge on any atom is -0.376 e. The first-order chi connectivity index (χ1) is 14.6. The van der Waals surface area contributed by atoms with Crippen molar-refractivity contribution in [3.63, 3.8) is 0 Å². The molecule has 0 radical (unpaired) electrons. The summed E-state index contributed by atoms with van der Waals surface area (Å²) in [4.78, 5) is 17.5. The maximum atomic E-state index is 12.7. The summed E-state index contributed by atoms with van der Waals surface area (Å²) in [6.45, 7) is 7.57. The summed E-state index contributed by atoms with van der Waals surface area (Å²) < 4.78 is 8.01. The number of hydrogen-bond acceptors (Lipinski definition) is 4. The van der Waals surface area contributed by atoms with Gasteiger partial charge in [-0.2, -0.15) is 0 Å². The first kappa shape index (κ1) is 20.8. The highest BCUT2D eigenvalue weighted by Crippen LogP contribution is 2.35. The SMILES string of the molecule is C=CCNC(=O)c1cc(-c2csc(-c3ccccc3Cl)n2)n(CC2CCCO2)c1C. The number of carbonyl (C=O) groups is 1. The molecule has 1 N–H and O–H groups in total. The Hall–Kier alpha value is -2.41. The molecule has 1 fully saturated rings. The van der Waals surface area contributed by atoms with Gasteiger partial charge in [-0.15, -0.1) is 17.9 Å². The van der Waals surface area contributed by atoms with Crippen molar-refractivity contribution in [2.45, 2.75) is 32.4 Å². The number of hydrogen-bond donors (Lipinski definition) is 1. The van der Waals surface area contributed by atoms with Gasteiger partial charge in [-0.1, -0.05) is 35.9 Å². The molecule has 0 spiro atoms. The second kappa shape index (κ2) is 9.16. The average Bonchev–Trinajstić information content (AvgIpc) is 3.49. The van der Waals surface area contributed by atoms with E-state index in [0.29, 0.717) is 23.7 Å². The third-order valence-corrected chi connectivity index (χ3v) is 6.50. The Labute approximate surface area is 185 Å². The molecule has 1 unspecified atom stereocenters. The maximum Gasteiger partial charge on any atom is 0.253 e. The first-order valence-electron chi connectivity index (χ1n) is 10.00. The number of amides is 1. The molecule has 156 valence electrons. The monoisotopic (exact) mass is 441 g/mol. The zero-order chi connectivity index (χ0) is 21.1. The van der Waals surface area contributed by atoms with Gasteiger partial charge in [-0.25, -0.2) is 4.98 Å². The molecule has 1 aliphatic heterocycles. The van der Waals surface area contributed by atoms with Gasteiger partial charge >= 0.3 is 0 Å². The fourth-order valence-electron chi connectivity index (χ4n) is 3.72. The molecule has 3 heterocycles. The van der Waals surface area contributed by atoms with Crippen LogP contribution in [0.5, 0.6) is 0 Å². The number of thiazole rings is 1. The van der Waals surface area contributed by atoms with Gasteiger partial charge in [0.25, 0.3) is 5.91 Å². The molecule has 7 heteroatoms. The van der Waals surface area contributed by atoms with Crippen LogP contribution in [0.2, 0.25) is 5.02 Å². The van der Waals surface area contributed by atoms with E-state index in [1.807, 2.05) is 42.6 Å². The molecule has 0 bridgehead atoms. The van der Waals surface area contributed by atoms with E-state index in [0.717, 1.165) is 47.1 Å². The van der Waals surface area contributed by atoms with E-state index in [2.05, 4.69) is 16.5 Å². The van der Waals surface area contributed by atoms with E-state index in [1.165, 1.54) is 0 Å². The van der Waals surface area contributed by atoms with E-state index >= 15 is 0 Å². The molecule has 1 saturated heterocycles. The predicted molar refractivity (Wildman–Crippen MR) is 122 cm³/mol. The van der Waals surface area contributed by atoms with Crippen molar-refractivity contribution in [3.8, 4) is 22.0 Å². The molecular weight excluding hydrogens is 418 g/mol. The summed E-state index contributed by atoms with van der Waals surface area (Å²) in [5, 5.41) is 6.43. The second-order valence-electron chi connectivity index (χ2n) is 7.29. The van der Waals surface area contributed by atoms with Crippen molar-refractivity contribution in [1.29, 1.82) is 0 Å². The zero-order valence-electron chi connectivity index (χ0n) is 16.9. The molecule has 1 aliphatic rings. The molecule has 0 saturated carbocycles. The van der Waals surface area contributed by atoms with E-state index in [1.54, 1.807) is 17.4 Å². The van der Waals surface area contributed by atoms with Gasteiger partial charge in [0, 0.05) is 36.3 Å². The number of nitrogens with one attached hydrogen (secondary N) is 1. The van der Waals surface area contributed by atoms with Crippen LogP contribution in [0.1, 0.15) is 28.9 Å². The normalized spacial score (nSPS) is 16.0. The van der Waals surface area contributed by atoms with Gasteiger partial charge in [-0.05, 0) is 31.9 Å². The lowest BCUT2D eigenvalue weighted by atomic mass is 10.2. The molecule has 2 aromatic heterocycles. The van der Waals surface area contributed by atoms with E-state index in [9.17, 15) is 4.79 Å². The quantitative estimate of drug-likeness (QED) is 0.504. The summed E-state index contributed by atoms with van der Waals surface area (Å²) in [5.41, 5.74) is 4.22. The maximum absolute atomic E-state index is 12.7. The smallest absolute Gasteiger partial charge is 0.253 e. The van der Waals surface area contributed by atoms with E-state index < -0.39 is 0 Å². The van der Waals surface area contributed by atoms with Gasteiger partial charge in [0.1, 0.15) is 5.01 Å². The molecule has 1 atom stereocenters. The van der Waals surface area contributed by atoms with E-state index in [4.69, 9.17) is 21.3 Å². The molecule has 3 aromatic rings. The summed E-state index contributed by atoms with van der Waals surface area (Å²) in [7, 11) is 0. The van der Waals surface area contributed by atoms with Crippen LogP contribution in [-0.4, -0.2) is 34.7 Å². The van der Waals surface area contributed by atoms with Crippen LogP contribution in [-0.2, 0) is 11.3 Å². The fraction of sp³-hybridized carbons (Fsp3) is 0.304. The Kier molecular flexibility index (Phi) is 6.37. The lowest BCUT2D eigenvalue weighted by Crippen LogP contribution is -2.24. The Bertz CT molecular complexity index is 1070. The minimum absolute atomic E-state index is 0.110. The molecule has 5 nitrogen and oxygen atoms in total. The Morgan fingerprint density at radius 2 is 2.30 bits per heavy atom. The standard InChI is InChI=1S/C23H24ClN3O2S/c1-3-10-25-22(28)18-12-21(27(15(18)2)13-16-7-6-11-29-16)20-14-30-23(26-20)17-8-4-5-9-19(17)24/h3-5,8-9,12,14,16H,1,6-7,10-11,13H2,2H3,(H,25,28). The van der Waals surface area contributed by atoms with Crippen molar-refractivity contribution < 1.29 is 9.53 Å². The first-order valence-corrected chi connectivity index (χ1v) is 11.3. The van der Waals surface area contributed by atoms with Crippen LogP contribution in [0.4, 0.5) is 0 Å². The Balaban J connectivity index is 1.73. The largest absolute Gasteiger partial charge is 0.376 e. The topological polar surface area (TPSA) is 56.2 Å². The van der Waals surface area contributed by atoms with E-state index in [-0.39, 0.29) is 12.0 Å². The highest BCUT2D eigenvalue weighted by atomic mass is 35.5. The Morgan fingerprint density at radius 1 is 1.47 bits per heavy atom. The number of carbonyl (C=O) groups excluding carboxylic acids is 1. The predicted octanol–water partition coefficient (Wildman–Crippen LogP) is 5.34. The van der Waals surface area contributed by atoms with Crippen molar-refractivity contribution in [1.82, 2.24) is 14.9 Å². The number of rotatable bonds is 7. The highest BCUT2D eigenvalue weighted by molar-refractivity contribution is 7.13. The number of nitrogens with zero attached hydrogens (tertiary/aromatic N) is 2.